The fourth-order valence-corrected chi connectivity index (χ4v) is 3.92. The topological polar surface area (TPSA) is 91.7 Å². The van der Waals surface area contributed by atoms with Gasteiger partial charge in [0.25, 0.3) is 11.5 Å². The van der Waals surface area contributed by atoms with E-state index >= 15 is 0 Å². The van der Waals surface area contributed by atoms with E-state index in [1.165, 1.54) is 0 Å². The van der Waals surface area contributed by atoms with Gasteiger partial charge in [0.2, 0.25) is 6.79 Å². The number of rotatable bonds is 5. The predicted octanol–water partition coefficient (Wildman–Crippen LogP) is 4.14. The largest absolute Gasteiger partial charge is 0.481 e. The van der Waals surface area contributed by atoms with Crippen LogP contribution in [0.3, 0.4) is 0 Å². The Hall–Kier alpha value is -4.33. The minimum atomic E-state index is -0.742. The molecule has 4 aromatic rings. The second-order valence-corrected chi connectivity index (χ2v) is 8.08. The maximum atomic E-state index is 13.1. The van der Waals surface area contributed by atoms with Crippen LogP contribution in [0.15, 0.2) is 65.5 Å². The second-order valence-electron chi connectivity index (χ2n) is 8.08. The number of nitrogens with one attached hydrogen (secondary N) is 1. The summed E-state index contributed by atoms with van der Waals surface area (Å²) in [6.45, 7) is 5.52. The highest BCUT2D eigenvalue weighted by Crippen LogP contribution is 2.35. The molecule has 3 aromatic carbocycles. The highest BCUT2D eigenvalue weighted by molar-refractivity contribution is 5.95. The number of hydrogen-bond acceptors (Lipinski definition) is 6. The summed E-state index contributed by atoms with van der Waals surface area (Å²) in [7, 11) is 0. The van der Waals surface area contributed by atoms with E-state index in [1.807, 2.05) is 31.2 Å². The first-order chi connectivity index (χ1) is 16.4. The molecule has 0 fully saturated rings. The van der Waals surface area contributed by atoms with E-state index in [4.69, 9.17) is 14.2 Å². The first-order valence-corrected chi connectivity index (χ1v) is 10.9. The number of carbonyl (C=O) groups is 1. The molecule has 0 aliphatic carbocycles. The number of anilines is 1. The van der Waals surface area contributed by atoms with Crippen LogP contribution in [-0.4, -0.2) is 28.4 Å². The molecule has 8 heteroatoms. The van der Waals surface area contributed by atoms with Gasteiger partial charge >= 0.3 is 0 Å². The summed E-state index contributed by atoms with van der Waals surface area (Å²) in [6.07, 6.45) is -0.742. The van der Waals surface area contributed by atoms with Crippen LogP contribution < -0.4 is 25.1 Å². The van der Waals surface area contributed by atoms with Gasteiger partial charge in [-0.2, -0.15) is 0 Å². The van der Waals surface area contributed by atoms with Crippen LogP contribution in [0.2, 0.25) is 0 Å². The molecule has 1 aromatic heterocycles. The van der Waals surface area contributed by atoms with Crippen LogP contribution in [0.4, 0.5) is 5.69 Å². The van der Waals surface area contributed by atoms with Gasteiger partial charge in [-0.05, 0) is 68.8 Å². The van der Waals surface area contributed by atoms with Crippen molar-refractivity contribution in [3.63, 3.8) is 0 Å². The van der Waals surface area contributed by atoms with Crippen molar-refractivity contribution < 1.29 is 19.0 Å². The Balaban J connectivity index is 1.35. The van der Waals surface area contributed by atoms with Gasteiger partial charge < -0.3 is 19.5 Å². The number of hydrogen-bond donors (Lipinski definition) is 1. The van der Waals surface area contributed by atoms with Crippen molar-refractivity contribution in [2.45, 2.75) is 26.9 Å². The summed E-state index contributed by atoms with van der Waals surface area (Å²) in [5, 5.41) is 3.45. The van der Waals surface area contributed by atoms with Crippen molar-refractivity contribution >= 4 is 22.5 Å². The molecule has 0 radical (unpaired) electrons. The molecule has 0 saturated carbocycles. The van der Waals surface area contributed by atoms with E-state index in [9.17, 15) is 9.59 Å². The molecule has 1 amide bonds. The van der Waals surface area contributed by atoms with E-state index < -0.39 is 6.10 Å². The van der Waals surface area contributed by atoms with E-state index in [2.05, 4.69) is 10.3 Å². The molecule has 1 aliphatic rings. The average molecular weight is 457 g/mol. The molecule has 0 saturated heterocycles. The number of benzene rings is 3. The third-order valence-electron chi connectivity index (χ3n) is 5.70. The lowest BCUT2D eigenvalue weighted by Gasteiger charge is -2.17. The Kier molecular flexibility index (Phi) is 5.41. The zero-order valence-electron chi connectivity index (χ0n) is 19.0. The molecular weight excluding hydrogens is 434 g/mol. The van der Waals surface area contributed by atoms with Crippen molar-refractivity contribution in [3.8, 4) is 22.9 Å². The number of fused-ring (bicyclic) bond motifs is 2. The highest BCUT2D eigenvalue weighted by atomic mass is 16.7. The third kappa shape index (κ3) is 3.94. The van der Waals surface area contributed by atoms with E-state index in [-0.39, 0.29) is 18.3 Å². The molecule has 1 unspecified atom stereocenters. The Labute approximate surface area is 195 Å². The number of aromatic nitrogens is 2. The van der Waals surface area contributed by atoms with Crippen molar-refractivity contribution in [2.75, 3.05) is 12.1 Å². The average Bonchev–Trinajstić information content (AvgIpc) is 3.28. The first-order valence-electron chi connectivity index (χ1n) is 10.9. The Bertz CT molecular complexity index is 1480. The maximum absolute atomic E-state index is 13.1. The molecule has 1 atom stereocenters. The normalized spacial score (nSPS) is 13.0. The molecule has 172 valence electrons. The van der Waals surface area contributed by atoms with Crippen molar-refractivity contribution in [3.05, 3.63) is 82.4 Å². The SMILES string of the molecule is Cc1cc(-n2c(C)nc3ccccc3c2=O)ccc1NC(=O)C(C)Oc1ccc2c(c1)OCO2. The van der Waals surface area contributed by atoms with Crippen molar-refractivity contribution in [1.29, 1.82) is 0 Å². The lowest BCUT2D eigenvalue weighted by molar-refractivity contribution is -0.122. The van der Waals surface area contributed by atoms with Gasteiger partial charge in [0.05, 0.1) is 16.6 Å². The van der Waals surface area contributed by atoms with Gasteiger partial charge in [-0.1, -0.05) is 12.1 Å². The van der Waals surface area contributed by atoms with Gasteiger partial charge in [0, 0.05) is 11.8 Å². The Morgan fingerprint density at radius 3 is 2.68 bits per heavy atom. The summed E-state index contributed by atoms with van der Waals surface area (Å²) >= 11 is 0. The van der Waals surface area contributed by atoms with Gasteiger partial charge in [-0.15, -0.1) is 0 Å². The Morgan fingerprint density at radius 1 is 1.06 bits per heavy atom. The number of nitrogens with zero attached hydrogens (tertiary/aromatic N) is 2. The number of carbonyl (C=O) groups excluding carboxylic acids is 1. The molecular formula is C26H23N3O5. The van der Waals surface area contributed by atoms with Crippen LogP contribution in [0.25, 0.3) is 16.6 Å². The first kappa shape index (κ1) is 21.5. The molecule has 1 aliphatic heterocycles. The Morgan fingerprint density at radius 2 is 1.85 bits per heavy atom. The van der Waals surface area contributed by atoms with Crippen LogP contribution in [0, 0.1) is 13.8 Å². The van der Waals surface area contributed by atoms with E-state index in [0.717, 1.165) is 5.56 Å². The lowest BCUT2D eigenvalue weighted by atomic mass is 10.1. The zero-order valence-corrected chi connectivity index (χ0v) is 19.0. The minimum Gasteiger partial charge on any atom is -0.481 e. The number of amides is 1. The monoisotopic (exact) mass is 457 g/mol. The van der Waals surface area contributed by atoms with Gasteiger partial charge in [0.1, 0.15) is 11.6 Å². The van der Waals surface area contributed by atoms with Crippen LogP contribution in [0.1, 0.15) is 18.3 Å². The van der Waals surface area contributed by atoms with E-state index in [0.29, 0.717) is 45.4 Å². The highest BCUT2D eigenvalue weighted by Gasteiger charge is 2.19. The fourth-order valence-electron chi connectivity index (χ4n) is 3.92. The molecule has 2 heterocycles. The van der Waals surface area contributed by atoms with Crippen LogP contribution in [0.5, 0.6) is 17.2 Å². The second kappa shape index (κ2) is 8.55. The molecule has 34 heavy (non-hydrogen) atoms. The maximum Gasteiger partial charge on any atom is 0.265 e. The molecule has 5 rings (SSSR count). The molecule has 0 bridgehead atoms. The van der Waals surface area contributed by atoms with Crippen LogP contribution in [-0.2, 0) is 4.79 Å². The number of para-hydroxylation sites is 1. The standard InChI is InChI=1S/C26H23N3O5/c1-15-12-18(29-17(3)27-22-7-5-4-6-20(22)26(29)31)8-10-21(15)28-25(30)16(2)34-19-9-11-23-24(13-19)33-14-32-23/h4-13,16H,14H2,1-3H3,(H,28,30). The summed E-state index contributed by atoms with van der Waals surface area (Å²) in [5.74, 6) is 2.04. The fraction of sp³-hybridized carbons (Fsp3) is 0.192. The number of aryl methyl sites for hydroxylation is 2. The van der Waals surface area contributed by atoms with Crippen molar-refractivity contribution in [1.82, 2.24) is 9.55 Å². The summed E-state index contributed by atoms with van der Waals surface area (Å²) in [5.41, 5.74) is 2.65. The smallest absolute Gasteiger partial charge is 0.265 e. The third-order valence-corrected chi connectivity index (χ3v) is 5.70. The number of ether oxygens (including phenoxy) is 3. The summed E-state index contributed by atoms with van der Waals surface area (Å²) in [4.78, 5) is 30.4. The van der Waals surface area contributed by atoms with Crippen molar-refractivity contribution in [2.24, 2.45) is 0 Å². The zero-order chi connectivity index (χ0) is 23.8. The predicted molar refractivity (Wildman–Crippen MR) is 128 cm³/mol. The molecule has 0 spiro atoms. The van der Waals surface area contributed by atoms with Gasteiger partial charge in [-0.3, -0.25) is 14.2 Å². The van der Waals surface area contributed by atoms with Crippen LogP contribution >= 0.6 is 0 Å². The molecule has 1 N–H and O–H groups in total. The van der Waals surface area contributed by atoms with Gasteiger partial charge in [0.15, 0.2) is 17.6 Å². The summed E-state index contributed by atoms with van der Waals surface area (Å²) in [6, 6.07) is 17.9. The lowest BCUT2D eigenvalue weighted by Crippen LogP contribution is -2.30. The molecule has 8 nitrogen and oxygen atoms in total. The van der Waals surface area contributed by atoms with E-state index in [1.54, 1.807) is 54.8 Å². The summed E-state index contributed by atoms with van der Waals surface area (Å²) < 4.78 is 18.0. The minimum absolute atomic E-state index is 0.134. The van der Waals surface area contributed by atoms with Gasteiger partial charge in [-0.25, -0.2) is 4.98 Å². The quantitative estimate of drug-likeness (QED) is 0.484.